The van der Waals surface area contributed by atoms with Gasteiger partial charge in [0.2, 0.25) is 0 Å². The van der Waals surface area contributed by atoms with E-state index in [0.717, 1.165) is 14.2 Å². The molecule has 0 aromatic carbocycles. The van der Waals surface area contributed by atoms with Crippen molar-refractivity contribution in [3.8, 4) is 12.3 Å². The Hall–Kier alpha value is -1.38. The molecule has 6 nitrogen and oxygen atoms in total. The van der Waals surface area contributed by atoms with Crippen molar-refractivity contribution in [2.45, 2.75) is 6.61 Å². The van der Waals surface area contributed by atoms with Crippen LogP contribution in [-0.2, 0) is 25.0 Å². The zero-order valence-electron chi connectivity index (χ0n) is 10.0. The van der Waals surface area contributed by atoms with Crippen LogP contribution in [0, 0.1) is 12.3 Å². The van der Waals surface area contributed by atoms with Gasteiger partial charge in [-0.3, -0.25) is 9.36 Å². The highest BCUT2D eigenvalue weighted by molar-refractivity contribution is 7.72. The molecule has 0 saturated heterocycles. The van der Waals surface area contributed by atoms with Gasteiger partial charge in [0.25, 0.3) is 5.52 Å². The van der Waals surface area contributed by atoms with Crippen LogP contribution >= 0.6 is 7.60 Å². The third-order valence-electron chi connectivity index (χ3n) is 2.12. The van der Waals surface area contributed by atoms with Gasteiger partial charge in [0, 0.05) is 14.2 Å². The Labute approximate surface area is 105 Å². The Morgan fingerprint density at radius 1 is 1.50 bits per heavy atom. The molecule has 0 aliphatic heterocycles. The first-order chi connectivity index (χ1) is 8.59. The summed E-state index contributed by atoms with van der Waals surface area (Å²) in [6, 6.07) is 1.38. The first kappa shape index (κ1) is 14.7. The SMILES string of the molecule is C#CCOCc1occc1C(=O)P(=O)(OC)OC. The Balaban J connectivity index is 2.91. The minimum atomic E-state index is -3.82. The van der Waals surface area contributed by atoms with Gasteiger partial charge in [0.1, 0.15) is 19.0 Å². The third-order valence-corrected chi connectivity index (χ3v) is 3.82. The second-order valence-corrected chi connectivity index (χ2v) is 5.25. The van der Waals surface area contributed by atoms with E-state index in [1.807, 2.05) is 0 Å². The van der Waals surface area contributed by atoms with E-state index in [-0.39, 0.29) is 24.5 Å². The maximum atomic E-state index is 12.0. The molecule has 0 unspecified atom stereocenters. The number of hydrogen-bond donors (Lipinski definition) is 0. The van der Waals surface area contributed by atoms with Crippen LogP contribution < -0.4 is 0 Å². The average molecular weight is 272 g/mol. The summed E-state index contributed by atoms with van der Waals surface area (Å²) in [5.41, 5.74) is -0.681. The maximum Gasteiger partial charge on any atom is 0.401 e. The number of rotatable bonds is 7. The Kier molecular flexibility index (Phi) is 5.32. The van der Waals surface area contributed by atoms with Crippen LogP contribution in [0.5, 0.6) is 0 Å². The third kappa shape index (κ3) is 3.09. The van der Waals surface area contributed by atoms with Crippen LogP contribution in [0.3, 0.4) is 0 Å². The minimum absolute atomic E-state index is 0.00566. The van der Waals surface area contributed by atoms with Crippen LogP contribution in [0.2, 0.25) is 0 Å². The van der Waals surface area contributed by atoms with Crippen molar-refractivity contribution in [3.63, 3.8) is 0 Å². The predicted octanol–water partition coefficient (Wildman–Crippen LogP) is 2.06. The lowest BCUT2D eigenvalue weighted by molar-refractivity contribution is 0.101. The lowest BCUT2D eigenvalue weighted by Gasteiger charge is -2.11. The van der Waals surface area contributed by atoms with E-state index < -0.39 is 13.1 Å². The van der Waals surface area contributed by atoms with E-state index in [1.54, 1.807) is 0 Å². The van der Waals surface area contributed by atoms with Gasteiger partial charge in [-0.2, -0.15) is 0 Å². The van der Waals surface area contributed by atoms with Gasteiger partial charge in [-0.25, -0.2) is 0 Å². The van der Waals surface area contributed by atoms with Crippen molar-refractivity contribution in [2.75, 3.05) is 20.8 Å². The van der Waals surface area contributed by atoms with Gasteiger partial charge in [-0.1, -0.05) is 5.92 Å². The summed E-state index contributed by atoms with van der Waals surface area (Å²) in [5, 5.41) is 0. The van der Waals surface area contributed by atoms with E-state index >= 15 is 0 Å². The Morgan fingerprint density at radius 2 is 2.17 bits per heavy atom. The smallest absolute Gasteiger partial charge is 0.401 e. The zero-order chi connectivity index (χ0) is 13.6. The van der Waals surface area contributed by atoms with E-state index in [0.29, 0.717) is 0 Å². The number of carbonyl (C=O) groups excluding carboxylic acids is 1. The van der Waals surface area contributed by atoms with E-state index in [2.05, 4.69) is 15.0 Å². The van der Waals surface area contributed by atoms with Crippen molar-refractivity contribution in [2.24, 2.45) is 0 Å². The van der Waals surface area contributed by atoms with Gasteiger partial charge in [0.05, 0.1) is 11.8 Å². The van der Waals surface area contributed by atoms with E-state index in [4.69, 9.17) is 15.6 Å². The lowest BCUT2D eigenvalue weighted by Crippen LogP contribution is -2.06. The molecule has 1 aromatic rings. The van der Waals surface area contributed by atoms with Crippen molar-refractivity contribution in [3.05, 3.63) is 23.7 Å². The monoisotopic (exact) mass is 272 g/mol. The molecule has 0 aliphatic rings. The predicted molar refractivity (Wildman–Crippen MR) is 63.2 cm³/mol. The molecule has 0 saturated carbocycles. The van der Waals surface area contributed by atoms with Crippen molar-refractivity contribution in [1.29, 1.82) is 0 Å². The molecule has 0 bridgehead atoms. The largest absolute Gasteiger partial charge is 0.466 e. The van der Waals surface area contributed by atoms with Gasteiger partial charge < -0.3 is 18.2 Å². The van der Waals surface area contributed by atoms with Crippen LogP contribution in [0.25, 0.3) is 0 Å². The first-order valence-corrected chi connectivity index (χ1v) is 6.47. The van der Waals surface area contributed by atoms with Crippen LogP contribution in [-0.4, -0.2) is 26.4 Å². The molecule has 0 amide bonds. The molecule has 18 heavy (non-hydrogen) atoms. The zero-order valence-corrected chi connectivity index (χ0v) is 10.9. The number of ether oxygens (including phenoxy) is 1. The Morgan fingerprint density at radius 3 is 2.72 bits per heavy atom. The van der Waals surface area contributed by atoms with Crippen LogP contribution in [0.15, 0.2) is 16.7 Å². The van der Waals surface area contributed by atoms with E-state index in [1.165, 1.54) is 12.3 Å². The summed E-state index contributed by atoms with van der Waals surface area (Å²) >= 11 is 0. The van der Waals surface area contributed by atoms with Gasteiger partial charge in [-0.15, -0.1) is 6.42 Å². The van der Waals surface area contributed by atoms with Gasteiger partial charge >= 0.3 is 7.60 Å². The molecule has 98 valence electrons. The number of furan rings is 1. The number of carbonyl (C=O) groups is 1. The van der Waals surface area contributed by atoms with Crippen LogP contribution in [0.4, 0.5) is 0 Å². The summed E-state index contributed by atoms with van der Waals surface area (Å²) in [5.74, 6) is 2.50. The lowest BCUT2D eigenvalue weighted by atomic mass is 10.3. The molecule has 0 fully saturated rings. The summed E-state index contributed by atoms with van der Waals surface area (Å²) in [4.78, 5) is 12.0. The average Bonchev–Trinajstić information content (AvgIpc) is 2.85. The van der Waals surface area contributed by atoms with Crippen molar-refractivity contribution < 1.29 is 27.6 Å². The Bertz CT molecular complexity index is 490. The first-order valence-electron chi connectivity index (χ1n) is 4.93. The molecule has 0 radical (unpaired) electrons. The van der Waals surface area contributed by atoms with Crippen molar-refractivity contribution >= 4 is 13.1 Å². The fourth-order valence-corrected chi connectivity index (χ4v) is 2.21. The molecule has 7 heteroatoms. The topological polar surface area (TPSA) is 75.0 Å². The molecular formula is C11H13O6P. The summed E-state index contributed by atoms with van der Waals surface area (Å²) in [7, 11) is -1.55. The normalized spacial score (nSPS) is 11.2. The quantitative estimate of drug-likeness (QED) is 0.429. The number of hydrogen-bond acceptors (Lipinski definition) is 6. The molecule has 1 aromatic heterocycles. The number of terminal acetylenes is 1. The second kappa shape index (κ2) is 6.53. The highest BCUT2D eigenvalue weighted by atomic mass is 31.2. The summed E-state index contributed by atoms with van der Waals surface area (Å²) < 4.78 is 31.3. The molecule has 0 N–H and O–H groups in total. The second-order valence-electron chi connectivity index (χ2n) is 3.12. The molecule has 1 heterocycles. The van der Waals surface area contributed by atoms with Crippen LogP contribution in [0.1, 0.15) is 16.1 Å². The molecule has 0 atom stereocenters. The minimum Gasteiger partial charge on any atom is -0.466 e. The maximum absolute atomic E-state index is 12.0. The molecule has 0 spiro atoms. The van der Waals surface area contributed by atoms with Gasteiger partial charge in [-0.05, 0) is 6.07 Å². The van der Waals surface area contributed by atoms with E-state index in [9.17, 15) is 9.36 Å². The fraction of sp³-hybridized carbons (Fsp3) is 0.364. The standard InChI is InChI=1S/C11H13O6P/c1-4-6-16-8-10-9(5-7-17-10)11(12)18(13,14-2)15-3/h1,5,7H,6,8H2,2-3H3. The van der Waals surface area contributed by atoms with Crippen molar-refractivity contribution in [1.82, 2.24) is 0 Å². The highest BCUT2D eigenvalue weighted by Gasteiger charge is 2.35. The highest BCUT2D eigenvalue weighted by Crippen LogP contribution is 2.50. The van der Waals surface area contributed by atoms with Gasteiger partial charge in [0.15, 0.2) is 0 Å². The molecular weight excluding hydrogens is 259 g/mol. The fourth-order valence-electron chi connectivity index (χ4n) is 1.23. The molecule has 0 aliphatic carbocycles. The molecule has 1 rings (SSSR count). The summed E-state index contributed by atoms with van der Waals surface area (Å²) in [6.07, 6.45) is 6.31. The summed E-state index contributed by atoms with van der Waals surface area (Å²) in [6.45, 7) is 0.0895.